The van der Waals surface area contributed by atoms with Gasteiger partial charge in [0.15, 0.2) is 11.6 Å². The van der Waals surface area contributed by atoms with E-state index in [1.165, 1.54) is 30.1 Å². The summed E-state index contributed by atoms with van der Waals surface area (Å²) >= 11 is 3.19. The number of carbonyl (C=O) groups excluding carboxylic acids is 1. The fourth-order valence-corrected chi connectivity index (χ4v) is 3.06. The van der Waals surface area contributed by atoms with Crippen LogP contribution in [0.15, 0.2) is 41.3 Å². The average molecular weight is 482 g/mol. The summed E-state index contributed by atoms with van der Waals surface area (Å²) in [5, 5.41) is 21.8. The molecule has 9 nitrogen and oxygen atoms in total. The molecule has 3 rings (SSSR count). The van der Waals surface area contributed by atoms with Gasteiger partial charge >= 0.3 is 0 Å². The summed E-state index contributed by atoms with van der Waals surface area (Å²) in [6.45, 7) is -0.384. The summed E-state index contributed by atoms with van der Waals surface area (Å²) in [6.07, 6.45) is 3.99. The highest BCUT2D eigenvalue weighted by Crippen LogP contribution is 2.25. The minimum Gasteiger partial charge on any atom is -0.394 e. The number of carbonyl (C=O) groups is 1. The van der Waals surface area contributed by atoms with Crippen molar-refractivity contribution in [2.24, 2.45) is 0 Å². The number of likely N-dealkylation sites (N-methyl/N-ethyl adjacent to an activating group) is 1. The van der Waals surface area contributed by atoms with Crippen molar-refractivity contribution in [3.63, 3.8) is 0 Å². The maximum absolute atomic E-state index is 14.2. The third-order valence-electron chi connectivity index (χ3n) is 4.00. The largest absolute Gasteiger partial charge is 0.394 e. The molecule has 0 aliphatic heterocycles. The summed E-state index contributed by atoms with van der Waals surface area (Å²) in [7, 11) is 1.52. The first kappa shape index (κ1) is 21.6. The monoisotopic (exact) mass is 481 g/mol. The van der Waals surface area contributed by atoms with E-state index in [-0.39, 0.29) is 24.2 Å². The van der Waals surface area contributed by atoms with Gasteiger partial charge in [-0.1, -0.05) is 15.9 Å². The number of hydrogen-bond donors (Lipinski definition) is 4. The van der Waals surface area contributed by atoms with Crippen LogP contribution in [0, 0.1) is 11.6 Å². The van der Waals surface area contributed by atoms with Crippen LogP contribution in [0.1, 0.15) is 11.6 Å². The van der Waals surface area contributed by atoms with Crippen molar-refractivity contribution in [3.05, 3.63) is 58.5 Å². The van der Waals surface area contributed by atoms with Crippen LogP contribution >= 0.6 is 15.9 Å². The fourth-order valence-electron chi connectivity index (χ4n) is 2.57. The van der Waals surface area contributed by atoms with Crippen LogP contribution in [0.25, 0.3) is 0 Å². The van der Waals surface area contributed by atoms with Crippen LogP contribution in [0.5, 0.6) is 0 Å². The first-order valence-electron chi connectivity index (χ1n) is 8.74. The van der Waals surface area contributed by atoms with Gasteiger partial charge in [0.05, 0.1) is 30.7 Å². The predicted octanol–water partition coefficient (Wildman–Crippen LogP) is 2.35. The molecule has 0 unspecified atom stereocenters. The van der Waals surface area contributed by atoms with Crippen LogP contribution < -0.4 is 16.0 Å². The van der Waals surface area contributed by atoms with Crippen molar-refractivity contribution in [1.29, 1.82) is 0 Å². The molecule has 12 heteroatoms. The number of hydrogen-bond acceptors (Lipinski definition) is 7. The maximum Gasteiger partial charge on any atom is 0.241 e. The molecule has 0 bridgehead atoms. The lowest BCUT2D eigenvalue weighted by Gasteiger charge is -2.18. The molecular formula is C18H18BrF2N7O2. The first-order chi connectivity index (χ1) is 14.4. The van der Waals surface area contributed by atoms with Crippen LogP contribution in [0.2, 0.25) is 0 Å². The predicted molar refractivity (Wildman–Crippen MR) is 109 cm³/mol. The first-order valence-corrected chi connectivity index (χ1v) is 9.53. The topological polar surface area (TPSA) is 117 Å². The van der Waals surface area contributed by atoms with Crippen LogP contribution in [-0.4, -0.2) is 44.4 Å². The zero-order chi connectivity index (χ0) is 21.7. The zero-order valence-electron chi connectivity index (χ0n) is 15.7. The summed E-state index contributed by atoms with van der Waals surface area (Å²) in [6, 6.07) is 3.31. The molecule has 1 amide bonds. The van der Waals surface area contributed by atoms with Gasteiger partial charge in [0.1, 0.15) is 12.4 Å². The molecule has 0 aliphatic carbocycles. The lowest BCUT2D eigenvalue weighted by Crippen LogP contribution is -2.23. The molecule has 0 radical (unpaired) electrons. The normalized spacial score (nSPS) is 11.8. The van der Waals surface area contributed by atoms with Crippen molar-refractivity contribution in [2.75, 3.05) is 24.3 Å². The summed E-state index contributed by atoms with van der Waals surface area (Å²) in [4.78, 5) is 19.3. The van der Waals surface area contributed by atoms with Crippen LogP contribution in [0.3, 0.4) is 0 Å². The molecule has 158 valence electrons. The Morgan fingerprint density at radius 3 is 2.80 bits per heavy atom. The molecule has 3 aromatic rings. The smallest absolute Gasteiger partial charge is 0.241 e. The van der Waals surface area contributed by atoms with Crippen LogP contribution in [0.4, 0.5) is 26.2 Å². The molecular weight excluding hydrogens is 464 g/mol. The zero-order valence-corrected chi connectivity index (χ0v) is 17.3. The van der Waals surface area contributed by atoms with E-state index >= 15 is 0 Å². The van der Waals surface area contributed by atoms with Crippen molar-refractivity contribution in [2.45, 2.75) is 12.6 Å². The second kappa shape index (κ2) is 9.59. The fraction of sp³-hybridized carbons (Fsp3) is 0.222. The van der Waals surface area contributed by atoms with Gasteiger partial charge < -0.3 is 21.1 Å². The summed E-state index contributed by atoms with van der Waals surface area (Å²) in [5.74, 6) is -1.57. The van der Waals surface area contributed by atoms with Gasteiger partial charge in [-0.25, -0.2) is 13.8 Å². The number of aliphatic hydroxyl groups excluding tert-OH is 1. The molecule has 30 heavy (non-hydrogen) atoms. The number of benzene rings is 1. The molecule has 1 atom stereocenters. The Labute approximate surface area is 178 Å². The molecule has 4 N–H and O–H groups in total. The molecule has 0 saturated heterocycles. The maximum atomic E-state index is 14.2. The SMILES string of the molecule is CNC(=O)Cn1cc(Nc2ncc(F)c(N[C@H](CO)c3cc(F)cc(Br)c3)n2)cn1. The van der Waals surface area contributed by atoms with E-state index in [0.717, 1.165) is 6.20 Å². The van der Waals surface area contributed by atoms with E-state index in [2.05, 4.69) is 46.9 Å². The highest BCUT2D eigenvalue weighted by molar-refractivity contribution is 9.10. The standard InChI is InChI=1S/C18H18BrF2N7O2/c1-22-16(30)8-28-7-13(5-24-28)25-18-23-6-14(21)17(27-18)26-15(9-29)10-2-11(19)4-12(20)3-10/h2-7,15,29H,8-9H2,1H3,(H,22,30)(H2,23,25,26,27)/t15-/m1/s1. The molecule has 2 aromatic heterocycles. The highest BCUT2D eigenvalue weighted by Gasteiger charge is 2.16. The third kappa shape index (κ3) is 5.48. The number of nitrogens with zero attached hydrogens (tertiary/aromatic N) is 4. The van der Waals surface area contributed by atoms with Crippen LogP contribution in [-0.2, 0) is 11.3 Å². The molecule has 1 aromatic carbocycles. The Hall–Kier alpha value is -3.12. The van der Waals surface area contributed by atoms with Crippen molar-refractivity contribution >= 4 is 39.3 Å². The second-order valence-electron chi connectivity index (χ2n) is 6.20. The van der Waals surface area contributed by atoms with E-state index in [9.17, 15) is 18.7 Å². The molecule has 0 aliphatic rings. The Balaban J connectivity index is 1.77. The van der Waals surface area contributed by atoms with E-state index < -0.39 is 24.3 Å². The van der Waals surface area contributed by atoms with E-state index in [0.29, 0.717) is 15.7 Å². The highest BCUT2D eigenvalue weighted by atomic mass is 79.9. The van der Waals surface area contributed by atoms with Gasteiger partial charge in [0.2, 0.25) is 11.9 Å². The number of aromatic nitrogens is 4. The number of aliphatic hydroxyl groups is 1. The molecule has 2 heterocycles. The van der Waals surface area contributed by atoms with Crippen molar-refractivity contribution in [1.82, 2.24) is 25.1 Å². The van der Waals surface area contributed by atoms with E-state index in [1.54, 1.807) is 12.3 Å². The summed E-state index contributed by atoms with van der Waals surface area (Å²) < 4.78 is 29.8. The van der Waals surface area contributed by atoms with Gasteiger partial charge in [-0.2, -0.15) is 10.1 Å². The van der Waals surface area contributed by atoms with Gasteiger partial charge in [-0.05, 0) is 23.8 Å². The molecule has 0 fully saturated rings. The van der Waals surface area contributed by atoms with Gasteiger partial charge in [0, 0.05) is 17.7 Å². The van der Waals surface area contributed by atoms with Crippen molar-refractivity contribution in [3.8, 4) is 0 Å². The second-order valence-corrected chi connectivity index (χ2v) is 7.11. The Bertz CT molecular complexity index is 1030. The Morgan fingerprint density at radius 1 is 1.30 bits per heavy atom. The number of rotatable bonds is 8. The minimum atomic E-state index is -0.801. The number of nitrogens with one attached hydrogen (secondary N) is 3. The molecule has 0 spiro atoms. The quantitative estimate of drug-likeness (QED) is 0.390. The lowest BCUT2D eigenvalue weighted by atomic mass is 10.1. The number of anilines is 3. The minimum absolute atomic E-state index is 0.0383. The average Bonchev–Trinajstić information content (AvgIpc) is 3.14. The van der Waals surface area contributed by atoms with E-state index in [1.807, 2.05) is 0 Å². The summed E-state index contributed by atoms with van der Waals surface area (Å²) in [5.41, 5.74) is 0.900. The Kier molecular flexibility index (Phi) is 6.90. The third-order valence-corrected chi connectivity index (χ3v) is 4.46. The number of amides is 1. The van der Waals surface area contributed by atoms with Gasteiger partial charge in [-0.3, -0.25) is 9.48 Å². The number of halogens is 3. The molecule has 0 saturated carbocycles. The Morgan fingerprint density at radius 2 is 2.10 bits per heavy atom. The van der Waals surface area contributed by atoms with Crippen molar-refractivity contribution < 1.29 is 18.7 Å². The van der Waals surface area contributed by atoms with Gasteiger partial charge in [-0.15, -0.1) is 0 Å². The van der Waals surface area contributed by atoms with E-state index in [4.69, 9.17) is 0 Å². The van der Waals surface area contributed by atoms with Gasteiger partial charge in [0.25, 0.3) is 0 Å². The lowest BCUT2D eigenvalue weighted by molar-refractivity contribution is -0.121.